The van der Waals surface area contributed by atoms with E-state index < -0.39 is 0 Å². The third kappa shape index (κ3) is 4.57. The monoisotopic (exact) mass is 381 g/mol. The summed E-state index contributed by atoms with van der Waals surface area (Å²) in [7, 11) is 0. The number of hydrogen-bond donors (Lipinski definition) is 2. The number of fused-ring (bicyclic) bond motifs is 1. The molecule has 2 N–H and O–H groups in total. The van der Waals surface area contributed by atoms with Gasteiger partial charge in [-0.25, -0.2) is 4.98 Å². The molecule has 3 rings (SSSR count). The molecule has 27 heavy (non-hydrogen) atoms. The number of aromatic nitrogens is 2. The standard InChI is InChI=1S/C21H23N3O2S/c1-13(2)15-8-4-6-10-17(15)22-19(25)12-27-14(3)20-23-18-11-7-5-9-16(18)21(26)24-20/h4-11,13-14H,12H2,1-3H3,(H,22,25)(H,23,24,26). The van der Waals surface area contributed by atoms with Crippen molar-refractivity contribution in [1.29, 1.82) is 0 Å². The molecule has 1 unspecified atom stereocenters. The molecule has 0 radical (unpaired) electrons. The van der Waals surface area contributed by atoms with E-state index in [1.165, 1.54) is 11.8 Å². The second kappa shape index (κ2) is 8.39. The minimum absolute atomic E-state index is 0.0666. The van der Waals surface area contributed by atoms with Gasteiger partial charge in [-0.2, -0.15) is 0 Å². The number of para-hydroxylation sites is 2. The van der Waals surface area contributed by atoms with Crippen LogP contribution in [0, 0.1) is 0 Å². The number of H-pyrrole nitrogens is 1. The summed E-state index contributed by atoms with van der Waals surface area (Å²) in [6, 6.07) is 15.1. The van der Waals surface area contributed by atoms with Crippen molar-refractivity contribution in [2.45, 2.75) is 31.9 Å². The van der Waals surface area contributed by atoms with E-state index in [1.807, 2.05) is 49.4 Å². The van der Waals surface area contributed by atoms with E-state index in [-0.39, 0.29) is 22.5 Å². The van der Waals surface area contributed by atoms with Crippen molar-refractivity contribution < 1.29 is 4.79 Å². The third-order valence-corrected chi connectivity index (χ3v) is 5.49. The van der Waals surface area contributed by atoms with E-state index in [0.717, 1.165) is 11.3 Å². The second-order valence-corrected chi connectivity index (χ2v) is 8.04. The van der Waals surface area contributed by atoms with Crippen LogP contribution >= 0.6 is 11.8 Å². The van der Waals surface area contributed by atoms with Crippen LogP contribution in [0.3, 0.4) is 0 Å². The topological polar surface area (TPSA) is 74.8 Å². The lowest BCUT2D eigenvalue weighted by Gasteiger charge is -2.15. The molecule has 6 heteroatoms. The fraction of sp³-hybridized carbons (Fsp3) is 0.286. The van der Waals surface area contributed by atoms with Crippen molar-refractivity contribution in [3.8, 4) is 0 Å². The molecule has 0 aliphatic carbocycles. The fourth-order valence-electron chi connectivity index (χ4n) is 2.88. The summed E-state index contributed by atoms with van der Waals surface area (Å²) >= 11 is 1.44. The number of carbonyl (C=O) groups is 1. The molecule has 0 spiro atoms. The SMILES string of the molecule is CC(C)c1ccccc1NC(=O)CSC(C)c1nc2ccccc2c(=O)[nH]1. The van der Waals surface area contributed by atoms with Gasteiger partial charge in [0.05, 0.1) is 21.9 Å². The summed E-state index contributed by atoms with van der Waals surface area (Å²) in [4.78, 5) is 31.9. The van der Waals surface area contributed by atoms with Gasteiger partial charge in [-0.15, -0.1) is 11.8 Å². The normalized spacial score (nSPS) is 12.3. The number of nitrogens with zero attached hydrogens (tertiary/aromatic N) is 1. The molecular formula is C21H23N3O2S. The highest BCUT2D eigenvalue weighted by Gasteiger charge is 2.14. The number of hydrogen-bond acceptors (Lipinski definition) is 4. The number of nitrogens with one attached hydrogen (secondary N) is 2. The first-order valence-electron chi connectivity index (χ1n) is 8.95. The maximum atomic E-state index is 12.4. The van der Waals surface area contributed by atoms with Gasteiger partial charge in [0.1, 0.15) is 5.82 Å². The van der Waals surface area contributed by atoms with Crippen molar-refractivity contribution in [2.24, 2.45) is 0 Å². The van der Waals surface area contributed by atoms with E-state index in [0.29, 0.717) is 22.6 Å². The molecular weight excluding hydrogens is 358 g/mol. The number of carbonyl (C=O) groups excluding carboxylic acids is 1. The molecule has 0 saturated carbocycles. The van der Waals surface area contributed by atoms with E-state index in [4.69, 9.17) is 0 Å². The minimum atomic E-state index is -0.154. The van der Waals surface area contributed by atoms with E-state index in [1.54, 1.807) is 6.07 Å². The van der Waals surface area contributed by atoms with E-state index in [9.17, 15) is 9.59 Å². The van der Waals surface area contributed by atoms with Crippen LogP contribution in [0.5, 0.6) is 0 Å². The van der Waals surface area contributed by atoms with Crippen molar-refractivity contribution >= 4 is 34.3 Å². The van der Waals surface area contributed by atoms with Gasteiger partial charge in [-0.05, 0) is 36.6 Å². The van der Waals surface area contributed by atoms with Crippen molar-refractivity contribution in [3.63, 3.8) is 0 Å². The largest absolute Gasteiger partial charge is 0.325 e. The number of aromatic amines is 1. The molecule has 0 fully saturated rings. The van der Waals surface area contributed by atoms with E-state index in [2.05, 4.69) is 29.1 Å². The Morgan fingerprint density at radius 1 is 1.11 bits per heavy atom. The second-order valence-electron chi connectivity index (χ2n) is 6.71. The highest BCUT2D eigenvalue weighted by Crippen LogP contribution is 2.27. The van der Waals surface area contributed by atoms with Crippen LogP contribution in [0.15, 0.2) is 53.3 Å². The lowest BCUT2D eigenvalue weighted by Crippen LogP contribution is -2.17. The van der Waals surface area contributed by atoms with Crippen LogP contribution in [0.2, 0.25) is 0 Å². The smallest absolute Gasteiger partial charge is 0.258 e. The number of rotatable bonds is 6. The van der Waals surface area contributed by atoms with Crippen LogP contribution in [-0.4, -0.2) is 21.6 Å². The van der Waals surface area contributed by atoms with Gasteiger partial charge in [0.25, 0.3) is 5.56 Å². The Kier molecular flexibility index (Phi) is 5.96. The first kappa shape index (κ1) is 19.2. The molecule has 1 amide bonds. The van der Waals surface area contributed by atoms with Crippen molar-refractivity contribution in [3.05, 3.63) is 70.3 Å². The van der Waals surface area contributed by atoms with Crippen LogP contribution in [-0.2, 0) is 4.79 Å². The van der Waals surface area contributed by atoms with E-state index >= 15 is 0 Å². The number of benzene rings is 2. The Labute approximate surface area is 162 Å². The van der Waals surface area contributed by atoms with Crippen LogP contribution in [0.25, 0.3) is 10.9 Å². The highest BCUT2D eigenvalue weighted by molar-refractivity contribution is 8.00. The molecule has 3 aromatic rings. The van der Waals surface area contributed by atoms with Crippen molar-refractivity contribution in [1.82, 2.24) is 9.97 Å². The number of anilines is 1. The van der Waals surface area contributed by atoms with Crippen LogP contribution < -0.4 is 10.9 Å². The zero-order chi connectivity index (χ0) is 19.4. The molecule has 0 bridgehead atoms. The maximum Gasteiger partial charge on any atom is 0.258 e. The van der Waals surface area contributed by atoms with Gasteiger partial charge in [0.2, 0.25) is 5.91 Å². The summed E-state index contributed by atoms with van der Waals surface area (Å²) in [5.41, 5.74) is 2.48. The molecule has 2 aromatic carbocycles. The zero-order valence-corrected chi connectivity index (χ0v) is 16.5. The van der Waals surface area contributed by atoms with Crippen LogP contribution in [0.1, 0.15) is 43.3 Å². The third-order valence-electron chi connectivity index (χ3n) is 4.34. The lowest BCUT2D eigenvalue weighted by molar-refractivity contribution is -0.113. The zero-order valence-electron chi connectivity index (χ0n) is 15.7. The van der Waals surface area contributed by atoms with Gasteiger partial charge in [0.15, 0.2) is 0 Å². The molecule has 1 heterocycles. The molecule has 0 saturated heterocycles. The molecule has 1 atom stereocenters. The highest BCUT2D eigenvalue weighted by atomic mass is 32.2. The summed E-state index contributed by atoms with van der Waals surface area (Å²) < 4.78 is 0. The van der Waals surface area contributed by atoms with Gasteiger partial charge in [-0.1, -0.05) is 44.2 Å². The minimum Gasteiger partial charge on any atom is -0.325 e. The van der Waals surface area contributed by atoms with Gasteiger partial charge in [-0.3, -0.25) is 9.59 Å². The average molecular weight is 382 g/mol. The molecule has 1 aromatic heterocycles. The first-order chi connectivity index (χ1) is 13.0. The Hall–Kier alpha value is -2.60. The number of amides is 1. The Bertz CT molecular complexity index is 1010. The van der Waals surface area contributed by atoms with Gasteiger partial charge in [0, 0.05) is 5.69 Å². The van der Waals surface area contributed by atoms with Gasteiger partial charge < -0.3 is 10.3 Å². The number of thioether (sulfide) groups is 1. The van der Waals surface area contributed by atoms with Gasteiger partial charge >= 0.3 is 0 Å². The Morgan fingerprint density at radius 2 is 1.81 bits per heavy atom. The average Bonchev–Trinajstić information content (AvgIpc) is 2.66. The summed E-state index contributed by atoms with van der Waals surface area (Å²) in [6.07, 6.45) is 0. The van der Waals surface area contributed by atoms with Crippen molar-refractivity contribution in [2.75, 3.05) is 11.1 Å². The maximum absolute atomic E-state index is 12.4. The molecule has 0 aliphatic heterocycles. The molecule has 5 nitrogen and oxygen atoms in total. The molecule has 140 valence electrons. The fourth-order valence-corrected chi connectivity index (χ4v) is 3.62. The summed E-state index contributed by atoms with van der Waals surface area (Å²) in [5, 5.41) is 3.46. The Balaban J connectivity index is 1.66. The summed E-state index contributed by atoms with van der Waals surface area (Å²) in [5.74, 6) is 1.13. The lowest BCUT2D eigenvalue weighted by atomic mass is 10.0. The summed E-state index contributed by atoms with van der Waals surface area (Å²) in [6.45, 7) is 6.14. The first-order valence-corrected chi connectivity index (χ1v) is 10.00. The predicted molar refractivity (Wildman–Crippen MR) is 112 cm³/mol. The quantitative estimate of drug-likeness (QED) is 0.660. The molecule has 0 aliphatic rings. The Morgan fingerprint density at radius 3 is 2.59 bits per heavy atom. The van der Waals surface area contributed by atoms with Crippen LogP contribution in [0.4, 0.5) is 5.69 Å². The predicted octanol–water partition coefficient (Wildman–Crippen LogP) is 4.48.